The average molecular weight is 252 g/mol. The highest BCUT2D eigenvalue weighted by molar-refractivity contribution is 7.84. The molecule has 0 radical (unpaired) electrons. The van der Waals surface area contributed by atoms with Gasteiger partial charge in [-0.25, -0.2) is 0 Å². The fourth-order valence-corrected chi connectivity index (χ4v) is 2.91. The van der Waals surface area contributed by atoms with Crippen LogP contribution in [0.1, 0.15) is 13.8 Å². The quantitative estimate of drug-likeness (QED) is 0.868. The number of piperazine rings is 1. The first-order valence-electron chi connectivity index (χ1n) is 6.01. The van der Waals surface area contributed by atoms with Crippen molar-refractivity contribution in [3.05, 3.63) is 24.3 Å². The molecule has 0 aromatic heterocycles. The molecule has 1 aromatic carbocycles. The summed E-state index contributed by atoms with van der Waals surface area (Å²) >= 11 is 0. The molecule has 0 aliphatic carbocycles. The van der Waals surface area contributed by atoms with Crippen molar-refractivity contribution in [3.8, 4) is 0 Å². The first-order chi connectivity index (χ1) is 8.06. The molecule has 0 amide bonds. The fourth-order valence-electron chi connectivity index (χ4n) is 2.39. The largest absolute Gasteiger partial charge is 0.368 e. The van der Waals surface area contributed by atoms with E-state index in [1.165, 1.54) is 5.69 Å². The summed E-state index contributed by atoms with van der Waals surface area (Å²) in [7, 11) is -0.887. The van der Waals surface area contributed by atoms with Crippen LogP contribution in [-0.4, -0.2) is 35.6 Å². The van der Waals surface area contributed by atoms with E-state index in [0.717, 1.165) is 18.0 Å². The summed E-state index contributed by atoms with van der Waals surface area (Å²) in [5.74, 6) is 0. The molecule has 3 atom stereocenters. The van der Waals surface area contributed by atoms with Crippen LogP contribution in [0.2, 0.25) is 0 Å². The number of nitrogens with zero attached hydrogens (tertiary/aromatic N) is 1. The molecule has 2 rings (SSSR count). The summed E-state index contributed by atoms with van der Waals surface area (Å²) < 4.78 is 11.3. The molecular formula is C13H20N2OS. The van der Waals surface area contributed by atoms with E-state index in [9.17, 15) is 4.21 Å². The minimum Gasteiger partial charge on any atom is -0.368 e. The van der Waals surface area contributed by atoms with Gasteiger partial charge in [0.1, 0.15) is 0 Å². The van der Waals surface area contributed by atoms with Crippen molar-refractivity contribution in [2.75, 3.05) is 24.2 Å². The van der Waals surface area contributed by atoms with E-state index >= 15 is 0 Å². The summed E-state index contributed by atoms with van der Waals surface area (Å²) in [6.07, 6.45) is 1.71. The van der Waals surface area contributed by atoms with E-state index in [2.05, 4.69) is 36.2 Å². The topological polar surface area (TPSA) is 32.3 Å². The minimum absolute atomic E-state index is 0.513. The molecule has 1 fully saturated rings. The van der Waals surface area contributed by atoms with E-state index in [0.29, 0.717) is 12.1 Å². The second kappa shape index (κ2) is 5.19. The number of rotatable bonds is 2. The molecular weight excluding hydrogens is 232 g/mol. The number of anilines is 1. The van der Waals surface area contributed by atoms with Gasteiger partial charge in [0.05, 0.1) is 0 Å². The number of hydrogen-bond acceptors (Lipinski definition) is 3. The molecule has 1 saturated heterocycles. The maximum Gasteiger partial charge on any atom is 0.0498 e. The summed E-state index contributed by atoms with van der Waals surface area (Å²) in [6, 6.07) is 9.09. The lowest BCUT2D eigenvalue weighted by Gasteiger charge is -2.37. The van der Waals surface area contributed by atoms with Crippen LogP contribution < -0.4 is 10.2 Å². The minimum atomic E-state index is -0.887. The zero-order valence-electron chi connectivity index (χ0n) is 10.6. The van der Waals surface area contributed by atoms with Crippen molar-refractivity contribution in [2.24, 2.45) is 0 Å². The van der Waals surface area contributed by atoms with Gasteiger partial charge < -0.3 is 10.2 Å². The van der Waals surface area contributed by atoms with Crippen LogP contribution in [0.5, 0.6) is 0 Å². The maximum absolute atomic E-state index is 11.3. The van der Waals surface area contributed by atoms with Gasteiger partial charge in [-0.1, -0.05) is 0 Å². The Morgan fingerprint density at radius 1 is 1.18 bits per heavy atom. The van der Waals surface area contributed by atoms with Crippen LogP contribution in [0.25, 0.3) is 0 Å². The van der Waals surface area contributed by atoms with Crippen molar-refractivity contribution >= 4 is 16.5 Å². The molecule has 1 N–H and O–H groups in total. The SMILES string of the molecule is C[C@@H]1CN(c2ccc(S(C)=O)cc2)C[C@H](C)N1. The standard InChI is InChI=1S/C13H20N2OS/c1-10-8-15(9-11(2)14-10)12-4-6-13(7-5-12)17(3)16/h4-7,10-11,14H,8-9H2,1-3H3/t10-,11+,17?. The molecule has 17 heavy (non-hydrogen) atoms. The molecule has 0 bridgehead atoms. The van der Waals surface area contributed by atoms with Gasteiger partial charge in [-0.3, -0.25) is 4.21 Å². The Hall–Kier alpha value is -0.870. The smallest absolute Gasteiger partial charge is 0.0498 e. The summed E-state index contributed by atoms with van der Waals surface area (Å²) in [4.78, 5) is 3.28. The van der Waals surface area contributed by atoms with Gasteiger partial charge in [-0.15, -0.1) is 0 Å². The van der Waals surface area contributed by atoms with Crippen LogP contribution in [0.4, 0.5) is 5.69 Å². The highest BCUT2D eigenvalue weighted by Gasteiger charge is 2.20. The van der Waals surface area contributed by atoms with Crippen molar-refractivity contribution in [1.82, 2.24) is 5.32 Å². The van der Waals surface area contributed by atoms with Gasteiger partial charge in [0.15, 0.2) is 0 Å². The van der Waals surface area contributed by atoms with Gasteiger partial charge >= 0.3 is 0 Å². The fraction of sp³-hybridized carbons (Fsp3) is 0.538. The third kappa shape index (κ3) is 3.07. The molecule has 1 aliphatic rings. The molecule has 3 nitrogen and oxygen atoms in total. The Kier molecular flexibility index (Phi) is 3.84. The highest BCUT2D eigenvalue weighted by atomic mass is 32.2. The average Bonchev–Trinajstić information content (AvgIpc) is 2.28. The number of benzene rings is 1. The van der Waals surface area contributed by atoms with Crippen LogP contribution >= 0.6 is 0 Å². The number of nitrogens with one attached hydrogen (secondary N) is 1. The molecule has 1 aromatic rings. The monoisotopic (exact) mass is 252 g/mol. The third-order valence-corrected chi connectivity index (χ3v) is 4.03. The molecule has 1 aliphatic heterocycles. The van der Waals surface area contributed by atoms with Crippen LogP contribution in [0, 0.1) is 0 Å². The van der Waals surface area contributed by atoms with Crippen LogP contribution in [0.3, 0.4) is 0 Å². The van der Waals surface area contributed by atoms with E-state index < -0.39 is 10.8 Å². The van der Waals surface area contributed by atoms with Crippen molar-refractivity contribution < 1.29 is 4.21 Å². The predicted octanol–water partition coefficient (Wildman–Crippen LogP) is 1.61. The molecule has 4 heteroatoms. The normalized spacial score (nSPS) is 26.9. The van der Waals surface area contributed by atoms with E-state index in [1.807, 2.05) is 12.1 Å². The maximum atomic E-state index is 11.3. The number of hydrogen-bond donors (Lipinski definition) is 1. The first kappa shape index (κ1) is 12.6. The van der Waals surface area contributed by atoms with Gasteiger partial charge in [0, 0.05) is 52.8 Å². The molecule has 1 heterocycles. The van der Waals surface area contributed by atoms with Gasteiger partial charge in [0.2, 0.25) is 0 Å². The Balaban J connectivity index is 2.14. The van der Waals surface area contributed by atoms with Crippen molar-refractivity contribution in [1.29, 1.82) is 0 Å². The van der Waals surface area contributed by atoms with Gasteiger partial charge in [-0.2, -0.15) is 0 Å². The van der Waals surface area contributed by atoms with E-state index in [4.69, 9.17) is 0 Å². The Morgan fingerprint density at radius 3 is 2.18 bits per heavy atom. The lowest BCUT2D eigenvalue weighted by Crippen LogP contribution is -2.54. The van der Waals surface area contributed by atoms with Gasteiger partial charge in [-0.05, 0) is 38.1 Å². The lowest BCUT2D eigenvalue weighted by atomic mass is 10.1. The van der Waals surface area contributed by atoms with Crippen molar-refractivity contribution in [2.45, 2.75) is 30.8 Å². The Labute approximate surface area is 106 Å². The predicted molar refractivity (Wildman–Crippen MR) is 73.0 cm³/mol. The van der Waals surface area contributed by atoms with E-state index in [1.54, 1.807) is 6.26 Å². The van der Waals surface area contributed by atoms with E-state index in [-0.39, 0.29) is 0 Å². The molecule has 0 saturated carbocycles. The summed E-state index contributed by atoms with van der Waals surface area (Å²) in [5.41, 5.74) is 1.22. The van der Waals surface area contributed by atoms with Crippen LogP contribution in [0.15, 0.2) is 29.2 Å². The molecule has 94 valence electrons. The second-order valence-corrected chi connectivity index (χ2v) is 6.20. The third-order valence-electron chi connectivity index (χ3n) is 3.09. The lowest BCUT2D eigenvalue weighted by molar-refractivity contribution is 0.407. The summed E-state index contributed by atoms with van der Waals surface area (Å²) in [5, 5.41) is 3.52. The van der Waals surface area contributed by atoms with Gasteiger partial charge in [0.25, 0.3) is 0 Å². The summed E-state index contributed by atoms with van der Waals surface area (Å²) in [6.45, 7) is 6.47. The molecule has 1 unspecified atom stereocenters. The Morgan fingerprint density at radius 2 is 1.71 bits per heavy atom. The Bertz CT molecular complexity index is 394. The molecule has 0 spiro atoms. The van der Waals surface area contributed by atoms with Crippen LogP contribution in [-0.2, 0) is 10.8 Å². The first-order valence-corrected chi connectivity index (χ1v) is 7.56. The zero-order valence-corrected chi connectivity index (χ0v) is 11.5. The second-order valence-electron chi connectivity index (χ2n) is 4.82. The van der Waals surface area contributed by atoms with Crippen molar-refractivity contribution in [3.63, 3.8) is 0 Å². The zero-order chi connectivity index (χ0) is 12.4. The highest BCUT2D eigenvalue weighted by Crippen LogP contribution is 2.19.